The summed E-state index contributed by atoms with van der Waals surface area (Å²) in [6.07, 6.45) is 1.12. The maximum Gasteiger partial charge on any atom is 0.252 e. The van der Waals surface area contributed by atoms with Gasteiger partial charge >= 0.3 is 0 Å². The molecule has 1 unspecified atom stereocenters. The Labute approximate surface area is 174 Å². The summed E-state index contributed by atoms with van der Waals surface area (Å²) in [6, 6.07) is 10.8. The SMILES string of the molecule is C=CCN(C1CC(=O)N(c2ccc(Cl)cc2)C1=O)S(=O)(=O)c1ccc(OC)cc1. The number of sulfonamides is 1. The molecule has 1 aliphatic heterocycles. The van der Waals surface area contributed by atoms with Crippen molar-refractivity contribution in [2.75, 3.05) is 18.6 Å². The van der Waals surface area contributed by atoms with Crippen LogP contribution in [-0.4, -0.2) is 44.2 Å². The van der Waals surface area contributed by atoms with Gasteiger partial charge in [0.15, 0.2) is 0 Å². The molecule has 0 N–H and O–H groups in total. The molecule has 0 bridgehead atoms. The molecule has 1 saturated heterocycles. The van der Waals surface area contributed by atoms with E-state index in [1.807, 2.05) is 0 Å². The number of methoxy groups -OCH3 is 1. The molecule has 0 radical (unpaired) electrons. The van der Waals surface area contributed by atoms with Crippen molar-refractivity contribution >= 4 is 39.1 Å². The Bertz CT molecular complexity index is 1040. The van der Waals surface area contributed by atoms with Crippen molar-refractivity contribution in [3.8, 4) is 5.75 Å². The van der Waals surface area contributed by atoms with Crippen LogP contribution in [0.3, 0.4) is 0 Å². The summed E-state index contributed by atoms with van der Waals surface area (Å²) in [5.41, 5.74) is 0.340. The van der Waals surface area contributed by atoms with Crippen molar-refractivity contribution in [2.45, 2.75) is 17.4 Å². The van der Waals surface area contributed by atoms with Gasteiger partial charge in [0.2, 0.25) is 15.9 Å². The van der Waals surface area contributed by atoms with Gasteiger partial charge in [-0.1, -0.05) is 17.7 Å². The number of ether oxygens (including phenoxy) is 1. The van der Waals surface area contributed by atoms with Crippen molar-refractivity contribution in [1.82, 2.24) is 4.31 Å². The molecule has 1 fully saturated rings. The zero-order valence-electron chi connectivity index (χ0n) is 15.6. The second-order valence-electron chi connectivity index (χ2n) is 6.30. The summed E-state index contributed by atoms with van der Waals surface area (Å²) in [6.45, 7) is 3.47. The average molecular weight is 435 g/mol. The van der Waals surface area contributed by atoms with Crippen LogP contribution in [0.2, 0.25) is 5.02 Å². The summed E-state index contributed by atoms with van der Waals surface area (Å²) >= 11 is 5.86. The van der Waals surface area contributed by atoms with E-state index in [0.717, 1.165) is 9.21 Å². The molecule has 29 heavy (non-hydrogen) atoms. The number of carbonyl (C=O) groups excluding carboxylic acids is 2. The lowest BCUT2D eigenvalue weighted by atomic mass is 10.2. The lowest BCUT2D eigenvalue weighted by molar-refractivity contribution is -0.122. The zero-order chi connectivity index (χ0) is 21.2. The van der Waals surface area contributed by atoms with Crippen LogP contribution in [0.5, 0.6) is 5.75 Å². The Morgan fingerprint density at radius 3 is 2.34 bits per heavy atom. The molecule has 3 rings (SSSR count). The van der Waals surface area contributed by atoms with Gasteiger partial charge in [-0.05, 0) is 48.5 Å². The highest BCUT2D eigenvalue weighted by atomic mass is 35.5. The highest BCUT2D eigenvalue weighted by molar-refractivity contribution is 7.89. The molecule has 0 aromatic heterocycles. The Hall–Kier alpha value is -2.68. The first-order valence-electron chi connectivity index (χ1n) is 8.68. The third-order valence-electron chi connectivity index (χ3n) is 4.53. The number of carbonyl (C=O) groups is 2. The summed E-state index contributed by atoms with van der Waals surface area (Å²) in [5, 5.41) is 0.458. The number of anilines is 1. The van der Waals surface area contributed by atoms with Gasteiger partial charge in [-0.15, -0.1) is 6.58 Å². The van der Waals surface area contributed by atoms with E-state index < -0.39 is 27.9 Å². The topological polar surface area (TPSA) is 84.0 Å². The molecule has 2 aromatic carbocycles. The lowest BCUT2D eigenvalue weighted by Crippen LogP contribution is -2.45. The third-order valence-corrected chi connectivity index (χ3v) is 6.67. The molecule has 7 nitrogen and oxygen atoms in total. The van der Waals surface area contributed by atoms with Crippen molar-refractivity contribution in [1.29, 1.82) is 0 Å². The van der Waals surface area contributed by atoms with Gasteiger partial charge in [0.05, 0.1) is 24.1 Å². The van der Waals surface area contributed by atoms with Crippen LogP contribution in [0.1, 0.15) is 6.42 Å². The predicted molar refractivity (Wildman–Crippen MR) is 109 cm³/mol. The van der Waals surface area contributed by atoms with E-state index in [0.29, 0.717) is 16.5 Å². The number of rotatable bonds is 7. The van der Waals surface area contributed by atoms with Crippen LogP contribution in [0.25, 0.3) is 0 Å². The molecule has 2 aromatic rings. The standard InChI is InChI=1S/C20H19ClN2O5S/c1-3-12-22(29(26,27)17-10-8-16(28-2)9-11-17)18-13-19(24)23(20(18)25)15-6-4-14(21)5-7-15/h3-11,18H,1,12-13H2,2H3. The summed E-state index contributed by atoms with van der Waals surface area (Å²) in [5.74, 6) is -0.599. The molecular formula is C20H19ClN2O5S. The molecule has 1 heterocycles. The largest absolute Gasteiger partial charge is 0.497 e. The first-order chi connectivity index (χ1) is 13.8. The van der Waals surface area contributed by atoms with Gasteiger partial charge in [0.25, 0.3) is 5.91 Å². The zero-order valence-corrected chi connectivity index (χ0v) is 17.2. The van der Waals surface area contributed by atoms with Gasteiger partial charge in [-0.3, -0.25) is 9.59 Å². The van der Waals surface area contributed by atoms with Gasteiger partial charge in [-0.2, -0.15) is 4.31 Å². The fourth-order valence-corrected chi connectivity index (χ4v) is 4.78. The summed E-state index contributed by atoms with van der Waals surface area (Å²) in [4.78, 5) is 26.5. The van der Waals surface area contributed by atoms with Crippen LogP contribution < -0.4 is 9.64 Å². The van der Waals surface area contributed by atoms with Crippen molar-refractivity contribution < 1.29 is 22.7 Å². The number of hydrogen-bond acceptors (Lipinski definition) is 5. The third kappa shape index (κ3) is 4.05. The fourth-order valence-electron chi connectivity index (χ4n) is 3.11. The average Bonchev–Trinajstić information content (AvgIpc) is 3.00. The van der Waals surface area contributed by atoms with E-state index in [4.69, 9.17) is 16.3 Å². The number of hydrogen-bond donors (Lipinski definition) is 0. The van der Waals surface area contributed by atoms with E-state index in [1.54, 1.807) is 12.1 Å². The molecular weight excluding hydrogens is 416 g/mol. The van der Waals surface area contributed by atoms with Crippen molar-refractivity contribution in [3.05, 3.63) is 66.2 Å². The number of halogens is 1. The predicted octanol–water partition coefficient (Wildman–Crippen LogP) is 2.86. The number of benzene rings is 2. The Balaban J connectivity index is 1.96. The molecule has 9 heteroatoms. The molecule has 0 aliphatic carbocycles. The minimum Gasteiger partial charge on any atom is -0.497 e. The van der Waals surface area contributed by atoms with Gasteiger partial charge in [0.1, 0.15) is 11.8 Å². The smallest absolute Gasteiger partial charge is 0.252 e. The van der Waals surface area contributed by atoms with E-state index in [9.17, 15) is 18.0 Å². The van der Waals surface area contributed by atoms with E-state index >= 15 is 0 Å². The molecule has 0 spiro atoms. The van der Waals surface area contributed by atoms with Crippen LogP contribution in [0.15, 0.2) is 66.1 Å². The van der Waals surface area contributed by atoms with Gasteiger partial charge < -0.3 is 4.74 Å². The molecule has 2 amide bonds. The van der Waals surface area contributed by atoms with Gasteiger partial charge in [-0.25, -0.2) is 13.3 Å². The number of amides is 2. The monoisotopic (exact) mass is 434 g/mol. The first kappa shape index (κ1) is 21.0. The van der Waals surface area contributed by atoms with Crippen molar-refractivity contribution in [3.63, 3.8) is 0 Å². The van der Waals surface area contributed by atoms with Crippen molar-refractivity contribution in [2.24, 2.45) is 0 Å². The maximum absolute atomic E-state index is 13.2. The van der Waals surface area contributed by atoms with Crippen LogP contribution in [0, 0.1) is 0 Å². The molecule has 1 atom stereocenters. The van der Waals surface area contributed by atoms with Crippen LogP contribution in [-0.2, 0) is 19.6 Å². The minimum absolute atomic E-state index is 0.00894. The highest BCUT2D eigenvalue weighted by Gasteiger charge is 2.46. The summed E-state index contributed by atoms with van der Waals surface area (Å²) in [7, 11) is -2.58. The van der Waals surface area contributed by atoms with Crippen LogP contribution >= 0.6 is 11.6 Å². The Morgan fingerprint density at radius 2 is 1.79 bits per heavy atom. The fraction of sp³-hybridized carbons (Fsp3) is 0.200. The molecule has 152 valence electrons. The normalized spacial score (nSPS) is 17.1. The lowest BCUT2D eigenvalue weighted by Gasteiger charge is -2.25. The first-order valence-corrected chi connectivity index (χ1v) is 10.5. The molecule has 0 saturated carbocycles. The van der Waals surface area contributed by atoms with E-state index in [-0.39, 0.29) is 17.9 Å². The van der Waals surface area contributed by atoms with Crippen LogP contribution in [0.4, 0.5) is 5.69 Å². The quantitative estimate of drug-likeness (QED) is 0.494. The molecule has 1 aliphatic rings. The number of imide groups is 1. The Morgan fingerprint density at radius 1 is 1.17 bits per heavy atom. The minimum atomic E-state index is -4.05. The summed E-state index contributed by atoms with van der Waals surface area (Å²) < 4.78 is 32.4. The maximum atomic E-state index is 13.2. The highest BCUT2D eigenvalue weighted by Crippen LogP contribution is 2.30. The van der Waals surface area contributed by atoms with E-state index in [1.165, 1.54) is 49.6 Å². The van der Waals surface area contributed by atoms with Gasteiger partial charge in [0, 0.05) is 11.6 Å². The Kier molecular flexibility index (Phi) is 6.07. The second-order valence-corrected chi connectivity index (χ2v) is 8.63. The second kappa shape index (κ2) is 8.36. The number of nitrogens with zero attached hydrogens (tertiary/aromatic N) is 2. The van der Waals surface area contributed by atoms with E-state index in [2.05, 4.69) is 6.58 Å².